The van der Waals surface area contributed by atoms with Gasteiger partial charge in [-0.3, -0.25) is 9.69 Å². The van der Waals surface area contributed by atoms with E-state index in [-0.39, 0.29) is 16.5 Å². The number of anilines is 2. The Balaban J connectivity index is 1.33. The molecule has 1 amide bonds. The summed E-state index contributed by atoms with van der Waals surface area (Å²) in [5.74, 6) is -1.25. The number of carbonyl (C=O) groups excluding carboxylic acids is 1. The number of amides is 1. The molecule has 0 bridgehead atoms. The van der Waals surface area contributed by atoms with Gasteiger partial charge in [-0.25, -0.2) is 22.2 Å². The lowest BCUT2D eigenvalue weighted by atomic mass is 10.2. The molecular formula is C22H27F2N5O4S. The largest absolute Gasteiger partial charge is 0.379 e. The van der Waals surface area contributed by atoms with Crippen molar-refractivity contribution in [3.8, 4) is 0 Å². The first-order chi connectivity index (χ1) is 16.3. The molecule has 0 saturated carbocycles. The molecule has 3 heterocycles. The first-order valence-corrected chi connectivity index (χ1v) is 12.5. The summed E-state index contributed by atoms with van der Waals surface area (Å²) < 4.78 is 59.0. The van der Waals surface area contributed by atoms with E-state index < -0.39 is 27.7 Å². The first-order valence-electron chi connectivity index (χ1n) is 11.0. The number of pyridine rings is 1. The van der Waals surface area contributed by atoms with E-state index in [0.29, 0.717) is 58.3 Å². The van der Waals surface area contributed by atoms with Gasteiger partial charge in [0.05, 0.1) is 24.9 Å². The Morgan fingerprint density at radius 3 is 2.38 bits per heavy atom. The number of carbonyl (C=O) groups is 1. The number of aromatic nitrogens is 1. The van der Waals surface area contributed by atoms with Gasteiger partial charge < -0.3 is 15.0 Å². The number of sulfonamides is 1. The molecule has 2 fully saturated rings. The van der Waals surface area contributed by atoms with Gasteiger partial charge in [0.1, 0.15) is 22.3 Å². The zero-order valence-corrected chi connectivity index (χ0v) is 19.6. The number of morpholine rings is 1. The van der Waals surface area contributed by atoms with Crippen LogP contribution in [0.25, 0.3) is 0 Å². The average Bonchev–Trinajstić information content (AvgIpc) is 2.86. The van der Waals surface area contributed by atoms with Crippen LogP contribution in [0.5, 0.6) is 0 Å². The van der Waals surface area contributed by atoms with Crippen molar-refractivity contribution in [2.75, 3.05) is 62.7 Å². The summed E-state index contributed by atoms with van der Waals surface area (Å²) in [7, 11) is -3.60. The smallest absolute Gasteiger partial charge is 0.244 e. The molecule has 0 spiro atoms. The van der Waals surface area contributed by atoms with E-state index in [0.717, 1.165) is 12.1 Å². The molecule has 184 valence electrons. The van der Waals surface area contributed by atoms with E-state index >= 15 is 0 Å². The van der Waals surface area contributed by atoms with Gasteiger partial charge in [-0.05, 0) is 31.2 Å². The minimum absolute atomic E-state index is 0.0618. The van der Waals surface area contributed by atoms with Gasteiger partial charge in [0.25, 0.3) is 0 Å². The Hall–Kier alpha value is -2.67. The highest BCUT2D eigenvalue weighted by Crippen LogP contribution is 2.21. The summed E-state index contributed by atoms with van der Waals surface area (Å²) in [6, 6.07) is 5.75. The number of hydrogen-bond acceptors (Lipinski definition) is 7. The second kappa shape index (κ2) is 10.3. The van der Waals surface area contributed by atoms with E-state index in [4.69, 9.17) is 4.74 Å². The van der Waals surface area contributed by atoms with E-state index in [1.807, 2.05) is 9.80 Å². The van der Waals surface area contributed by atoms with E-state index in [1.165, 1.54) is 16.6 Å². The molecule has 0 radical (unpaired) electrons. The maximum Gasteiger partial charge on any atom is 0.244 e. The highest BCUT2D eigenvalue weighted by atomic mass is 32.2. The zero-order chi connectivity index (χ0) is 24.3. The predicted octanol–water partition coefficient (Wildman–Crippen LogP) is 1.53. The van der Waals surface area contributed by atoms with Gasteiger partial charge in [-0.1, -0.05) is 0 Å². The van der Waals surface area contributed by atoms with E-state index in [1.54, 1.807) is 19.1 Å². The molecule has 1 atom stereocenters. The van der Waals surface area contributed by atoms with Crippen molar-refractivity contribution in [3.05, 3.63) is 48.2 Å². The number of nitrogens with zero attached hydrogens (tertiary/aromatic N) is 4. The summed E-state index contributed by atoms with van der Waals surface area (Å²) >= 11 is 0. The van der Waals surface area contributed by atoms with Crippen molar-refractivity contribution in [1.29, 1.82) is 0 Å². The molecule has 0 aliphatic carbocycles. The Bertz CT molecular complexity index is 1120. The molecule has 2 aromatic rings. The van der Waals surface area contributed by atoms with Crippen molar-refractivity contribution >= 4 is 27.4 Å². The first kappa shape index (κ1) is 24.5. The molecule has 1 aromatic carbocycles. The third kappa shape index (κ3) is 5.35. The molecule has 12 heteroatoms. The highest BCUT2D eigenvalue weighted by Gasteiger charge is 2.29. The second-order valence-corrected chi connectivity index (χ2v) is 10.1. The van der Waals surface area contributed by atoms with Crippen LogP contribution in [0.4, 0.5) is 20.3 Å². The molecule has 2 aliphatic rings. The van der Waals surface area contributed by atoms with Crippen LogP contribution in [-0.2, 0) is 19.6 Å². The molecule has 2 saturated heterocycles. The average molecular weight is 496 g/mol. The predicted molar refractivity (Wildman–Crippen MR) is 122 cm³/mol. The summed E-state index contributed by atoms with van der Waals surface area (Å²) in [5, 5.41) is 2.51. The van der Waals surface area contributed by atoms with Crippen LogP contribution in [-0.4, -0.2) is 87.0 Å². The maximum absolute atomic E-state index is 13.8. The minimum Gasteiger partial charge on any atom is -0.379 e. The number of piperazine rings is 1. The minimum atomic E-state index is -3.60. The van der Waals surface area contributed by atoms with Crippen LogP contribution in [0.15, 0.2) is 41.4 Å². The van der Waals surface area contributed by atoms with Crippen LogP contribution >= 0.6 is 0 Å². The van der Waals surface area contributed by atoms with Crippen molar-refractivity contribution < 1.29 is 26.7 Å². The quantitative estimate of drug-likeness (QED) is 0.650. The lowest BCUT2D eigenvalue weighted by Crippen LogP contribution is -2.53. The fourth-order valence-electron chi connectivity index (χ4n) is 3.98. The van der Waals surface area contributed by atoms with Gasteiger partial charge in [0, 0.05) is 51.5 Å². The molecule has 9 nitrogen and oxygen atoms in total. The van der Waals surface area contributed by atoms with Gasteiger partial charge >= 0.3 is 0 Å². The Kier molecular flexibility index (Phi) is 7.41. The maximum atomic E-state index is 13.8. The molecule has 4 rings (SSSR count). The Morgan fingerprint density at radius 2 is 1.76 bits per heavy atom. The Labute approximate surface area is 197 Å². The van der Waals surface area contributed by atoms with Crippen LogP contribution in [0.2, 0.25) is 0 Å². The van der Waals surface area contributed by atoms with E-state index in [9.17, 15) is 22.0 Å². The van der Waals surface area contributed by atoms with Crippen molar-refractivity contribution in [2.24, 2.45) is 0 Å². The summed E-state index contributed by atoms with van der Waals surface area (Å²) in [4.78, 5) is 21.0. The number of halogens is 2. The lowest BCUT2D eigenvalue weighted by molar-refractivity contribution is -0.120. The fourth-order valence-corrected chi connectivity index (χ4v) is 5.33. The van der Waals surface area contributed by atoms with Gasteiger partial charge in [0.15, 0.2) is 0 Å². The number of nitrogens with one attached hydrogen (secondary N) is 1. The normalized spacial score (nSPS) is 19.1. The van der Waals surface area contributed by atoms with Crippen molar-refractivity contribution in [3.63, 3.8) is 0 Å². The molecule has 1 N–H and O–H groups in total. The van der Waals surface area contributed by atoms with Crippen LogP contribution in [0.3, 0.4) is 0 Å². The third-order valence-electron chi connectivity index (χ3n) is 6.08. The van der Waals surface area contributed by atoms with Gasteiger partial charge in [-0.15, -0.1) is 0 Å². The van der Waals surface area contributed by atoms with Crippen LogP contribution in [0.1, 0.15) is 6.92 Å². The highest BCUT2D eigenvalue weighted by molar-refractivity contribution is 7.89. The van der Waals surface area contributed by atoms with Crippen molar-refractivity contribution in [2.45, 2.75) is 17.9 Å². The van der Waals surface area contributed by atoms with Gasteiger partial charge in [0.2, 0.25) is 15.9 Å². The number of benzene rings is 1. The standard InChI is InChI=1S/C22H27F2N5O4S/c1-16(22(30)26-20-4-2-17(23)14-19(20)24)27-6-8-28(9-7-27)21-5-3-18(15-25-21)34(31,32)29-10-12-33-13-11-29/h2-5,14-16H,6-13H2,1H3,(H,26,30)/t16-/m1/s1. The van der Waals surface area contributed by atoms with Crippen molar-refractivity contribution in [1.82, 2.24) is 14.2 Å². The van der Waals surface area contributed by atoms with E-state index in [2.05, 4.69) is 10.3 Å². The van der Waals surface area contributed by atoms with Crippen LogP contribution in [0, 0.1) is 11.6 Å². The monoisotopic (exact) mass is 495 g/mol. The fraction of sp³-hybridized carbons (Fsp3) is 0.455. The molecule has 1 aromatic heterocycles. The van der Waals surface area contributed by atoms with Gasteiger partial charge in [-0.2, -0.15) is 4.31 Å². The SMILES string of the molecule is C[C@H](C(=O)Nc1ccc(F)cc1F)N1CCN(c2ccc(S(=O)(=O)N3CCOCC3)cn2)CC1. The second-order valence-electron chi connectivity index (χ2n) is 8.18. The summed E-state index contributed by atoms with van der Waals surface area (Å²) in [5.41, 5.74) is -0.0618. The summed E-state index contributed by atoms with van der Waals surface area (Å²) in [6.07, 6.45) is 1.37. The number of ether oxygens (including phenoxy) is 1. The molecule has 34 heavy (non-hydrogen) atoms. The number of rotatable bonds is 6. The summed E-state index contributed by atoms with van der Waals surface area (Å²) in [6.45, 7) is 5.45. The zero-order valence-electron chi connectivity index (χ0n) is 18.8. The molecular weight excluding hydrogens is 468 g/mol. The van der Waals surface area contributed by atoms with Crippen LogP contribution < -0.4 is 10.2 Å². The lowest BCUT2D eigenvalue weighted by Gasteiger charge is -2.38. The third-order valence-corrected chi connectivity index (χ3v) is 7.97. The Morgan fingerprint density at radius 1 is 1.06 bits per heavy atom. The molecule has 2 aliphatic heterocycles. The number of hydrogen-bond donors (Lipinski definition) is 1. The molecule has 0 unspecified atom stereocenters. The topological polar surface area (TPSA) is 95.1 Å².